The molecule has 1 unspecified atom stereocenters. The van der Waals surface area contributed by atoms with E-state index in [0.717, 1.165) is 29.6 Å². The van der Waals surface area contributed by atoms with Crippen LogP contribution in [0.3, 0.4) is 0 Å². The van der Waals surface area contributed by atoms with Crippen LogP contribution in [-0.4, -0.2) is 57.1 Å². The third kappa shape index (κ3) is 3.74. The van der Waals surface area contributed by atoms with Gasteiger partial charge in [-0.3, -0.25) is 9.36 Å². The molecule has 4 rings (SSSR count). The molecule has 8 heteroatoms. The molecule has 0 spiro atoms. The van der Waals surface area contributed by atoms with Gasteiger partial charge in [0.1, 0.15) is 11.6 Å². The maximum absolute atomic E-state index is 12.7. The van der Waals surface area contributed by atoms with Crippen molar-refractivity contribution in [3.05, 3.63) is 30.0 Å². The van der Waals surface area contributed by atoms with Gasteiger partial charge in [0.2, 0.25) is 5.91 Å². The molecular formula is C17H22N4O3S. The summed E-state index contributed by atoms with van der Waals surface area (Å²) < 4.78 is 12.9. The Balaban J connectivity index is 1.50. The largest absolute Gasteiger partial charge is 0.467 e. The summed E-state index contributed by atoms with van der Waals surface area (Å²) in [6.07, 6.45) is 3.99. The summed E-state index contributed by atoms with van der Waals surface area (Å²) in [6.45, 7) is 5.09. The van der Waals surface area contributed by atoms with Crippen LogP contribution in [0.1, 0.15) is 37.3 Å². The minimum absolute atomic E-state index is 0.133. The Hall–Kier alpha value is -1.80. The molecule has 25 heavy (non-hydrogen) atoms. The van der Waals surface area contributed by atoms with Crippen molar-refractivity contribution in [1.82, 2.24) is 19.7 Å². The molecule has 2 fully saturated rings. The van der Waals surface area contributed by atoms with Gasteiger partial charge in [-0.15, -0.1) is 10.2 Å². The van der Waals surface area contributed by atoms with Gasteiger partial charge in [-0.2, -0.15) is 0 Å². The van der Waals surface area contributed by atoms with E-state index < -0.39 is 0 Å². The Kier molecular flexibility index (Phi) is 4.80. The normalized spacial score (nSPS) is 19.2. The van der Waals surface area contributed by atoms with Crippen molar-refractivity contribution >= 4 is 17.7 Å². The maximum Gasteiger partial charge on any atom is 0.236 e. The van der Waals surface area contributed by atoms with E-state index in [0.29, 0.717) is 38.8 Å². The first-order valence-electron chi connectivity index (χ1n) is 8.71. The number of carbonyl (C=O) groups excluding carboxylic acids is 1. The lowest BCUT2D eigenvalue weighted by molar-refractivity contribution is -0.134. The lowest BCUT2D eigenvalue weighted by Crippen LogP contribution is -2.44. The fourth-order valence-corrected chi connectivity index (χ4v) is 3.93. The quantitative estimate of drug-likeness (QED) is 0.733. The van der Waals surface area contributed by atoms with Crippen LogP contribution in [0.5, 0.6) is 0 Å². The molecule has 1 saturated carbocycles. The molecule has 2 aromatic heterocycles. The van der Waals surface area contributed by atoms with Crippen LogP contribution in [0.2, 0.25) is 0 Å². The first-order chi connectivity index (χ1) is 12.2. The summed E-state index contributed by atoms with van der Waals surface area (Å²) in [5, 5.41) is 9.33. The van der Waals surface area contributed by atoms with E-state index >= 15 is 0 Å². The van der Waals surface area contributed by atoms with Gasteiger partial charge in [-0.25, -0.2) is 0 Å². The molecule has 1 aliphatic carbocycles. The first-order valence-corrected chi connectivity index (χ1v) is 9.59. The average molecular weight is 362 g/mol. The Bertz CT molecular complexity index is 720. The molecule has 0 radical (unpaired) electrons. The molecule has 7 nitrogen and oxygen atoms in total. The Morgan fingerprint density at radius 2 is 2.16 bits per heavy atom. The second-order valence-electron chi connectivity index (χ2n) is 6.48. The highest BCUT2D eigenvalue weighted by molar-refractivity contribution is 8.00. The topological polar surface area (TPSA) is 73.4 Å². The Morgan fingerprint density at radius 1 is 1.36 bits per heavy atom. The van der Waals surface area contributed by atoms with E-state index in [1.807, 2.05) is 24.0 Å². The van der Waals surface area contributed by atoms with Crippen LogP contribution < -0.4 is 0 Å². The Labute approximate surface area is 150 Å². The fourth-order valence-electron chi connectivity index (χ4n) is 2.99. The van der Waals surface area contributed by atoms with E-state index in [4.69, 9.17) is 9.15 Å². The maximum atomic E-state index is 12.7. The summed E-state index contributed by atoms with van der Waals surface area (Å²) >= 11 is 1.48. The van der Waals surface area contributed by atoms with Crippen molar-refractivity contribution in [2.75, 3.05) is 26.3 Å². The second kappa shape index (κ2) is 7.21. The summed E-state index contributed by atoms with van der Waals surface area (Å²) in [7, 11) is 0. The van der Waals surface area contributed by atoms with Crippen LogP contribution in [-0.2, 0) is 16.1 Å². The van der Waals surface area contributed by atoms with Gasteiger partial charge in [0.15, 0.2) is 5.16 Å². The van der Waals surface area contributed by atoms with Crippen molar-refractivity contribution < 1.29 is 13.9 Å². The third-order valence-electron chi connectivity index (χ3n) is 4.53. The van der Waals surface area contributed by atoms with Gasteiger partial charge in [0, 0.05) is 19.0 Å². The smallest absolute Gasteiger partial charge is 0.236 e. The number of thioether (sulfide) groups is 1. The standard InChI is InChI=1S/C17H22N4O3S/c1-12(16(22)20-6-9-23-10-7-20)25-17-19-18-15(13-4-5-13)21(17)11-14-3-2-8-24-14/h2-3,8,12-13H,4-7,9-11H2,1H3. The molecule has 2 aromatic rings. The SMILES string of the molecule is CC(Sc1nnc(C2CC2)n1Cc1ccco1)C(=O)N1CCOCC1. The lowest BCUT2D eigenvalue weighted by Gasteiger charge is -2.28. The number of rotatable bonds is 6. The molecule has 0 aromatic carbocycles. The number of nitrogens with zero attached hydrogens (tertiary/aromatic N) is 4. The van der Waals surface area contributed by atoms with Crippen molar-refractivity contribution in [3.63, 3.8) is 0 Å². The van der Waals surface area contributed by atoms with Crippen LogP contribution in [0.4, 0.5) is 0 Å². The summed E-state index contributed by atoms with van der Waals surface area (Å²) in [5.74, 6) is 2.50. The molecule has 134 valence electrons. The molecular weight excluding hydrogens is 340 g/mol. The molecule has 1 atom stereocenters. The van der Waals surface area contributed by atoms with E-state index in [2.05, 4.69) is 14.8 Å². The second-order valence-corrected chi connectivity index (χ2v) is 7.79. The van der Waals surface area contributed by atoms with Gasteiger partial charge in [0.25, 0.3) is 0 Å². The molecule has 1 saturated heterocycles. The highest BCUT2D eigenvalue weighted by Gasteiger charge is 2.32. The van der Waals surface area contributed by atoms with E-state index in [-0.39, 0.29) is 11.2 Å². The number of hydrogen-bond donors (Lipinski definition) is 0. The average Bonchev–Trinajstić information content (AvgIpc) is 3.21. The predicted octanol–water partition coefficient (Wildman–Crippen LogP) is 2.14. The Morgan fingerprint density at radius 3 is 2.84 bits per heavy atom. The molecule has 3 heterocycles. The van der Waals surface area contributed by atoms with Gasteiger partial charge in [0.05, 0.1) is 31.3 Å². The number of furan rings is 1. The number of carbonyl (C=O) groups is 1. The zero-order chi connectivity index (χ0) is 17.2. The van der Waals surface area contributed by atoms with Gasteiger partial charge < -0.3 is 14.1 Å². The van der Waals surface area contributed by atoms with Crippen LogP contribution in [0.15, 0.2) is 28.0 Å². The predicted molar refractivity (Wildman–Crippen MR) is 92.5 cm³/mol. The summed E-state index contributed by atoms with van der Waals surface area (Å²) in [4.78, 5) is 14.5. The molecule has 2 aliphatic rings. The molecule has 1 aliphatic heterocycles. The van der Waals surface area contributed by atoms with E-state index in [1.165, 1.54) is 11.8 Å². The minimum atomic E-state index is -0.204. The van der Waals surface area contributed by atoms with Gasteiger partial charge in [-0.05, 0) is 31.9 Å². The number of aromatic nitrogens is 3. The van der Waals surface area contributed by atoms with Crippen LogP contribution >= 0.6 is 11.8 Å². The lowest BCUT2D eigenvalue weighted by atomic mass is 10.3. The fraction of sp³-hybridized carbons (Fsp3) is 0.588. The van der Waals surface area contributed by atoms with Crippen molar-refractivity contribution in [1.29, 1.82) is 0 Å². The zero-order valence-corrected chi connectivity index (χ0v) is 15.1. The number of hydrogen-bond acceptors (Lipinski definition) is 6. The van der Waals surface area contributed by atoms with Crippen LogP contribution in [0.25, 0.3) is 0 Å². The molecule has 0 N–H and O–H groups in total. The highest BCUT2D eigenvalue weighted by Crippen LogP contribution is 2.40. The van der Waals surface area contributed by atoms with Gasteiger partial charge in [-0.1, -0.05) is 11.8 Å². The third-order valence-corrected chi connectivity index (χ3v) is 5.60. The number of ether oxygens (including phenoxy) is 1. The van der Waals surface area contributed by atoms with Crippen molar-refractivity contribution in [3.8, 4) is 0 Å². The van der Waals surface area contributed by atoms with E-state index in [9.17, 15) is 4.79 Å². The summed E-state index contributed by atoms with van der Waals surface area (Å²) in [5.41, 5.74) is 0. The highest BCUT2D eigenvalue weighted by atomic mass is 32.2. The zero-order valence-electron chi connectivity index (χ0n) is 14.3. The minimum Gasteiger partial charge on any atom is -0.467 e. The monoisotopic (exact) mass is 362 g/mol. The molecule has 0 bridgehead atoms. The first kappa shape index (κ1) is 16.7. The van der Waals surface area contributed by atoms with Crippen molar-refractivity contribution in [2.45, 2.75) is 42.6 Å². The number of amides is 1. The number of morpholine rings is 1. The van der Waals surface area contributed by atoms with Gasteiger partial charge >= 0.3 is 0 Å². The van der Waals surface area contributed by atoms with E-state index in [1.54, 1.807) is 6.26 Å². The van der Waals surface area contributed by atoms with Crippen molar-refractivity contribution in [2.24, 2.45) is 0 Å². The molecule has 1 amide bonds. The van der Waals surface area contributed by atoms with Crippen LogP contribution in [0, 0.1) is 0 Å². The summed E-state index contributed by atoms with van der Waals surface area (Å²) in [6, 6.07) is 3.83.